The van der Waals surface area contributed by atoms with Crippen LogP contribution in [0.4, 0.5) is 5.69 Å². The van der Waals surface area contributed by atoms with E-state index >= 15 is 0 Å². The number of carbonyl (C=O) groups excluding carboxylic acids is 1. The van der Waals surface area contributed by atoms with Gasteiger partial charge in [0.1, 0.15) is 11.1 Å². The van der Waals surface area contributed by atoms with Gasteiger partial charge in [0.05, 0.1) is 11.9 Å². The average Bonchev–Trinajstić information content (AvgIpc) is 2.92. The number of carbonyl (C=O) groups is 1. The van der Waals surface area contributed by atoms with Gasteiger partial charge in [0, 0.05) is 20.1 Å². The molecule has 1 N–H and O–H groups in total. The molecule has 1 saturated heterocycles. The van der Waals surface area contributed by atoms with Crippen molar-refractivity contribution in [3.05, 3.63) is 21.6 Å². The minimum Gasteiger partial charge on any atom is -0.371 e. The van der Waals surface area contributed by atoms with Crippen molar-refractivity contribution < 1.29 is 4.79 Å². The van der Waals surface area contributed by atoms with Gasteiger partial charge in [0.15, 0.2) is 0 Å². The van der Waals surface area contributed by atoms with Crippen LogP contribution in [0, 0.1) is 0 Å². The molecule has 0 saturated carbocycles. The number of hydrogen-bond donors (Lipinski definition) is 1. The topological polar surface area (TPSA) is 67.2 Å². The Balaban J connectivity index is 2.10. The third kappa shape index (κ3) is 2.89. The average molecular weight is 285 g/mol. The third-order valence-electron chi connectivity index (χ3n) is 3.24. The molecule has 1 aliphatic heterocycles. The molecule has 1 amide bonds. The van der Waals surface area contributed by atoms with Crippen LogP contribution in [0.3, 0.4) is 0 Å². The summed E-state index contributed by atoms with van der Waals surface area (Å²) in [7, 11) is 1.52. The molecule has 104 valence electrons. The quantitative estimate of drug-likeness (QED) is 0.894. The van der Waals surface area contributed by atoms with Crippen LogP contribution in [0.15, 0.2) is 11.0 Å². The molecule has 0 radical (unpaired) electrons. The second-order valence-electron chi connectivity index (χ2n) is 4.70. The van der Waals surface area contributed by atoms with Crippen LogP contribution in [0.5, 0.6) is 0 Å². The van der Waals surface area contributed by atoms with Crippen LogP contribution < -0.4 is 10.9 Å². The lowest BCUT2D eigenvalue weighted by atomic mass is 10.2. The van der Waals surface area contributed by atoms with E-state index in [2.05, 4.69) is 10.4 Å². The fourth-order valence-corrected chi connectivity index (χ4v) is 2.34. The van der Waals surface area contributed by atoms with Crippen molar-refractivity contribution in [3.63, 3.8) is 0 Å². The zero-order chi connectivity index (χ0) is 14.0. The summed E-state index contributed by atoms with van der Waals surface area (Å²) in [6.07, 6.45) is 3.55. The first-order valence-electron chi connectivity index (χ1n) is 6.28. The Kier molecular flexibility index (Phi) is 4.09. The van der Waals surface area contributed by atoms with Gasteiger partial charge in [-0.15, -0.1) is 0 Å². The second-order valence-corrected chi connectivity index (χ2v) is 5.08. The van der Waals surface area contributed by atoms with Crippen LogP contribution in [0.2, 0.25) is 5.02 Å². The highest BCUT2D eigenvalue weighted by Gasteiger charge is 2.23. The molecule has 1 aliphatic rings. The Bertz CT molecular complexity index is 537. The lowest BCUT2D eigenvalue weighted by molar-refractivity contribution is -0.130. The molecule has 6 nitrogen and oxygen atoms in total. The summed E-state index contributed by atoms with van der Waals surface area (Å²) in [4.78, 5) is 25.6. The van der Waals surface area contributed by atoms with Crippen molar-refractivity contribution in [1.29, 1.82) is 0 Å². The number of nitrogens with one attached hydrogen (secondary N) is 1. The van der Waals surface area contributed by atoms with Crippen molar-refractivity contribution in [2.45, 2.75) is 25.8 Å². The molecule has 0 aromatic carbocycles. The van der Waals surface area contributed by atoms with Crippen LogP contribution in [0.25, 0.3) is 0 Å². The summed E-state index contributed by atoms with van der Waals surface area (Å²) in [5.74, 6) is 0.0224. The van der Waals surface area contributed by atoms with E-state index in [0.29, 0.717) is 5.69 Å². The van der Waals surface area contributed by atoms with Crippen molar-refractivity contribution in [1.82, 2.24) is 14.7 Å². The molecule has 1 aromatic rings. The summed E-state index contributed by atoms with van der Waals surface area (Å²) < 4.78 is 1.15. The number of likely N-dealkylation sites (tertiary alicyclic amines) is 1. The first kappa shape index (κ1) is 13.9. The second kappa shape index (κ2) is 5.61. The van der Waals surface area contributed by atoms with Gasteiger partial charge in [-0.25, -0.2) is 4.68 Å². The minimum absolute atomic E-state index is 0.0224. The standard InChI is InChI=1S/C12H17ClN4O2/c1-8(11(18)17-5-3-4-6-17)15-9-7-14-16(2)12(19)10(9)13/h7-8,15H,3-6H2,1-2H3. The molecule has 0 bridgehead atoms. The van der Waals surface area contributed by atoms with Gasteiger partial charge in [0.2, 0.25) is 5.91 Å². The number of aromatic nitrogens is 2. The van der Waals surface area contributed by atoms with Gasteiger partial charge in [-0.1, -0.05) is 11.6 Å². The summed E-state index contributed by atoms with van der Waals surface area (Å²) in [5.41, 5.74) is 0.0114. The first-order valence-corrected chi connectivity index (χ1v) is 6.65. The highest BCUT2D eigenvalue weighted by Crippen LogP contribution is 2.17. The van der Waals surface area contributed by atoms with Crippen LogP contribution in [0.1, 0.15) is 19.8 Å². The molecular formula is C12H17ClN4O2. The van der Waals surface area contributed by atoms with Crippen LogP contribution in [-0.4, -0.2) is 39.7 Å². The predicted molar refractivity (Wildman–Crippen MR) is 73.4 cm³/mol. The monoisotopic (exact) mass is 284 g/mol. The van der Waals surface area contributed by atoms with E-state index in [-0.39, 0.29) is 16.5 Å². The summed E-state index contributed by atoms with van der Waals surface area (Å²) >= 11 is 5.95. The molecule has 0 spiro atoms. The largest absolute Gasteiger partial charge is 0.371 e. The number of hydrogen-bond acceptors (Lipinski definition) is 4. The van der Waals surface area contributed by atoms with Gasteiger partial charge < -0.3 is 10.2 Å². The van der Waals surface area contributed by atoms with Gasteiger partial charge in [-0.05, 0) is 19.8 Å². The van der Waals surface area contributed by atoms with E-state index in [1.807, 2.05) is 4.90 Å². The summed E-state index contributed by atoms with van der Waals surface area (Å²) in [6, 6.07) is -0.426. The van der Waals surface area contributed by atoms with Gasteiger partial charge >= 0.3 is 0 Å². The zero-order valence-corrected chi connectivity index (χ0v) is 11.8. The van der Waals surface area contributed by atoms with E-state index in [4.69, 9.17) is 11.6 Å². The van der Waals surface area contributed by atoms with Gasteiger partial charge in [0.25, 0.3) is 5.56 Å². The van der Waals surface area contributed by atoms with E-state index < -0.39 is 6.04 Å². The first-order chi connectivity index (χ1) is 9.00. The van der Waals surface area contributed by atoms with Crippen LogP contribution in [-0.2, 0) is 11.8 Å². The van der Waals surface area contributed by atoms with E-state index in [9.17, 15) is 9.59 Å². The van der Waals surface area contributed by atoms with Crippen molar-refractivity contribution in [2.24, 2.45) is 7.05 Å². The molecule has 1 fully saturated rings. The Morgan fingerprint density at radius 3 is 2.74 bits per heavy atom. The maximum Gasteiger partial charge on any atom is 0.287 e. The smallest absolute Gasteiger partial charge is 0.287 e. The van der Waals surface area contributed by atoms with Crippen molar-refractivity contribution in [3.8, 4) is 0 Å². The fourth-order valence-electron chi connectivity index (χ4n) is 2.12. The van der Waals surface area contributed by atoms with Crippen molar-refractivity contribution in [2.75, 3.05) is 18.4 Å². The molecule has 7 heteroatoms. The van der Waals surface area contributed by atoms with Gasteiger partial charge in [-0.3, -0.25) is 9.59 Å². The summed E-state index contributed by atoms with van der Waals surface area (Å²) in [6.45, 7) is 3.36. The number of nitrogens with zero attached hydrogens (tertiary/aromatic N) is 3. The zero-order valence-electron chi connectivity index (χ0n) is 11.0. The number of halogens is 1. The molecule has 2 heterocycles. The van der Waals surface area contributed by atoms with Crippen molar-refractivity contribution >= 4 is 23.2 Å². The maximum atomic E-state index is 12.1. The Morgan fingerprint density at radius 2 is 2.11 bits per heavy atom. The molecule has 0 aliphatic carbocycles. The number of anilines is 1. The third-order valence-corrected chi connectivity index (χ3v) is 3.60. The Morgan fingerprint density at radius 1 is 1.47 bits per heavy atom. The van der Waals surface area contributed by atoms with E-state index in [1.54, 1.807) is 6.92 Å². The molecule has 19 heavy (non-hydrogen) atoms. The fraction of sp³-hybridized carbons (Fsp3) is 0.583. The molecule has 1 aromatic heterocycles. The summed E-state index contributed by atoms with van der Waals surface area (Å²) in [5, 5.41) is 6.89. The molecular weight excluding hydrogens is 268 g/mol. The molecule has 2 rings (SSSR count). The Labute approximate surface area is 116 Å². The SMILES string of the molecule is CC(Nc1cnn(C)c(=O)c1Cl)C(=O)N1CCCC1. The normalized spacial score (nSPS) is 16.5. The molecule has 1 atom stereocenters. The lowest BCUT2D eigenvalue weighted by Gasteiger charge is -2.22. The highest BCUT2D eigenvalue weighted by molar-refractivity contribution is 6.33. The number of amides is 1. The van der Waals surface area contributed by atoms with E-state index in [1.165, 1.54) is 13.2 Å². The lowest BCUT2D eigenvalue weighted by Crippen LogP contribution is -2.40. The van der Waals surface area contributed by atoms with Gasteiger partial charge in [-0.2, -0.15) is 5.10 Å². The minimum atomic E-state index is -0.426. The predicted octanol–water partition coefficient (Wildman–Crippen LogP) is 0.856. The highest BCUT2D eigenvalue weighted by atomic mass is 35.5. The maximum absolute atomic E-state index is 12.1. The Hall–Kier alpha value is -1.56. The van der Waals surface area contributed by atoms with Crippen LogP contribution >= 0.6 is 11.6 Å². The molecule has 1 unspecified atom stereocenters. The number of aryl methyl sites for hydroxylation is 1. The number of rotatable bonds is 3. The van der Waals surface area contributed by atoms with E-state index in [0.717, 1.165) is 30.6 Å².